The Morgan fingerprint density at radius 3 is 2.32 bits per heavy atom. The third-order valence-corrected chi connectivity index (χ3v) is 7.11. The molecule has 168 valence electrons. The summed E-state index contributed by atoms with van der Waals surface area (Å²) in [6, 6.07) is 8.46. The zero-order valence-corrected chi connectivity index (χ0v) is 19.0. The van der Waals surface area contributed by atoms with Crippen molar-refractivity contribution in [1.82, 2.24) is 0 Å². The van der Waals surface area contributed by atoms with E-state index in [2.05, 4.69) is 5.32 Å². The molecule has 0 aromatic heterocycles. The van der Waals surface area contributed by atoms with E-state index in [1.165, 1.54) is 25.6 Å². The van der Waals surface area contributed by atoms with E-state index in [4.69, 9.17) is 14.2 Å². The average molecular weight is 449 g/mol. The van der Waals surface area contributed by atoms with Crippen LogP contribution < -0.4 is 23.8 Å². The van der Waals surface area contributed by atoms with Crippen LogP contribution in [0.2, 0.25) is 0 Å². The van der Waals surface area contributed by atoms with Gasteiger partial charge in [0, 0.05) is 17.8 Å². The van der Waals surface area contributed by atoms with Gasteiger partial charge in [-0.05, 0) is 55.2 Å². The highest BCUT2D eigenvalue weighted by molar-refractivity contribution is 7.92. The summed E-state index contributed by atoms with van der Waals surface area (Å²) in [5.41, 5.74) is 2.52. The maximum absolute atomic E-state index is 12.9. The summed E-state index contributed by atoms with van der Waals surface area (Å²) in [4.78, 5) is 12.9. The molecule has 2 aromatic rings. The fraction of sp³-hybridized carbons (Fsp3) is 0.409. The van der Waals surface area contributed by atoms with Gasteiger partial charge in [0.2, 0.25) is 15.8 Å². The predicted molar refractivity (Wildman–Crippen MR) is 120 cm³/mol. The molecular formula is C22H28N2O6S. The summed E-state index contributed by atoms with van der Waals surface area (Å²) >= 11 is 0. The third kappa shape index (κ3) is 4.71. The van der Waals surface area contributed by atoms with Crippen LogP contribution in [0.4, 0.5) is 11.4 Å². The fourth-order valence-electron chi connectivity index (χ4n) is 3.71. The molecule has 1 heterocycles. The highest BCUT2D eigenvalue weighted by Gasteiger charge is 2.27. The van der Waals surface area contributed by atoms with Crippen LogP contribution in [0.15, 0.2) is 30.3 Å². The number of carbonyl (C=O) groups is 1. The van der Waals surface area contributed by atoms with Gasteiger partial charge in [0.05, 0.1) is 32.8 Å². The number of fused-ring (bicyclic) bond motifs is 1. The maximum Gasteiger partial charge on any atom is 0.255 e. The van der Waals surface area contributed by atoms with Crippen LogP contribution in [-0.4, -0.2) is 48.0 Å². The van der Waals surface area contributed by atoms with Crippen molar-refractivity contribution in [3.8, 4) is 17.2 Å². The topological polar surface area (TPSA) is 94.2 Å². The quantitative estimate of drug-likeness (QED) is 0.665. The zero-order chi connectivity index (χ0) is 22.6. The van der Waals surface area contributed by atoms with E-state index in [-0.39, 0.29) is 11.7 Å². The Morgan fingerprint density at radius 1 is 1.06 bits per heavy atom. The molecule has 0 spiro atoms. The second-order valence-corrected chi connectivity index (χ2v) is 9.22. The molecule has 2 aromatic carbocycles. The minimum absolute atomic E-state index is 0.117. The number of carbonyl (C=O) groups excluding carboxylic acids is 1. The molecule has 0 radical (unpaired) electrons. The van der Waals surface area contributed by atoms with E-state index in [0.29, 0.717) is 47.2 Å². The molecule has 0 bridgehead atoms. The van der Waals surface area contributed by atoms with E-state index in [1.54, 1.807) is 24.3 Å². The normalized spacial score (nSPS) is 13.4. The highest BCUT2D eigenvalue weighted by Crippen LogP contribution is 2.38. The van der Waals surface area contributed by atoms with Crippen LogP contribution in [0.3, 0.4) is 0 Å². The standard InChI is InChI=1S/C22H28N2O6S/c1-5-11-31(26,27)24-10-6-7-15-12-17(8-9-18(15)24)23-22(25)16-13-19(28-2)21(30-4)20(14-16)29-3/h8-9,12-14H,5-7,10-11H2,1-4H3,(H,23,25). The van der Waals surface area contributed by atoms with Gasteiger partial charge in [-0.2, -0.15) is 0 Å². The van der Waals surface area contributed by atoms with Crippen molar-refractivity contribution >= 4 is 27.3 Å². The number of nitrogens with one attached hydrogen (secondary N) is 1. The predicted octanol–water partition coefficient (Wildman–Crippen LogP) is 3.46. The van der Waals surface area contributed by atoms with Crippen molar-refractivity contribution in [3.05, 3.63) is 41.5 Å². The van der Waals surface area contributed by atoms with Crippen LogP contribution in [0.5, 0.6) is 17.2 Å². The monoisotopic (exact) mass is 448 g/mol. The van der Waals surface area contributed by atoms with E-state index >= 15 is 0 Å². The largest absolute Gasteiger partial charge is 0.493 e. The molecule has 0 atom stereocenters. The Kier molecular flexibility index (Phi) is 6.94. The molecule has 0 unspecified atom stereocenters. The molecule has 3 rings (SSSR count). The number of methoxy groups -OCH3 is 3. The lowest BCUT2D eigenvalue weighted by Gasteiger charge is -2.30. The van der Waals surface area contributed by atoms with Crippen LogP contribution in [0.25, 0.3) is 0 Å². The Balaban J connectivity index is 1.87. The number of hydrogen-bond donors (Lipinski definition) is 1. The number of hydrogen-bond acceptors (Lipinski definition) is 6. The molecule has 1 amide bonds. The first kappa shape index (κ1) is 22.7. The number of aryl methyl sites for hydroxylation is 1. The highest BCUT2D eigenvalue weighted by atomic mass is 32.2. The third-order valence-electron chi connectivity index (χ3n) is 5.14. The van der Waals surface area contributed by atoms with Gasteiger partial charge in [0.15, 0.2) is 11.5 Å². The number of sulfonamides is 1. The molecule has 0 saturated heterocycles. The fourth-order valence-corrected chi connectivity index (χ4v) is 5.33. The van der Waals surface area contributed by atoms with Crippen molar-refractivity contribution < 1.29 is 27.4 Å². The molecule has 0 aliphatic carbocycles. The lowest BCUT2D eigenvalue weighted by atomic mass is 10.0. The molecule has 8 nitrogen and oxygen atoms in total. The molecule has 0 fully saturated rings. The first-order chi connectivity index (χ1) is 14.8. The Morgan fingerprint density at radius 2 is 1.74 bits per heavy atom. The number of nitrogens with zero attached hydrogens (tertiary/aromatic N) is 1. The summed E-state index contributed by atoms with van der Waals surface area (Å²) in [5.74, 6) is 0.948. The van der Waals surface area contributed by atoms with E-state index in [1.807, 2.05) is 13.0 Å². The average Bonchev–Trinajstić information content (AvgIpc) is 2.77. The van der Waals surface area contributed by atoms with Crippen molar-refractivity contribution in [1.29, 1.82) is 0 Å². The summed E-state index contributed by atoms with van der Waals surface area (Å²) in [6.45, 7) is 2.33. The molecular weight excluding hydrogens is 420 g/mol. The number of ether oxygens (including phenoxy) is 3. The van der Waals surface area contributed by atoms with Crippen molar-refractivity contribution in [3.63, 3.8) is 0 Å². The van der Waals surface area contributed by atoms with Crippen molar-refractivity contribution in [2.75, 3.05) is 43.2 Å². The second-order valence-electron chi connectivity index (χ2n) is 7.20. The smallest absolute Gasteiger partial charge is 0.255 e. The SMILES string of the molecule is CCCS(=O)(=O)N1CCCc2cc(NC(=O)c3cc(OC)c(OC)c(OC)c3)ccc21. The summed E-state index contributed by atoms with van der Waals surface area (Å²) in [7, 11) is 1.13. The second kappa shape index (κ2) is 9.47. The molecule has 0 saturated carbocycles. The van der Waals surface area contributed by atoms with Gasteiger partial charge < -0.3 is 19.5 Å². The van der Waals surface area contributed by atoms with Crippen molar-refractivity contribution in [2.45, 2.75) is 26.2 Å². The lowest BCUT2D eigenvalue weighted by molar-refractivity contribution is 0.102. The van der Waals surface area contributed by atoms with Gasteiger partial charge in [0.1, 0.15) is 0 Å². The van der Waals surface area contributed by atoms with Gasteiger partial charge in [-0.1, -0.05) is 6.92 Å². The maximum atomic E-state index is 12.9. The van der Waals surface area contributed by atoms with E-state index in [9.17, 15) is 13.2 Å². The van der Waals surface area contributed by atoms with Crippen LogP contribution in [0, 0.1) is 0 Å². The van der Waals surface area contributed by atoms with Gasteiger partial charge in [-0.25, -0.2) is 8.42 Å². The Bertz CT molecular complexity index is 1040. The lowest BCUT2D eigenvalue weighted by Crippen LogP contribution is -2.37. The van der Waals surface area contributed by atoms with E-state index < -0.39 is 10.0 Å². The molecule has 31 heavy (non-hydrogen) atoms. The molecule has 1 aliphatic heterocycles. The minimum Gasteiger partial charge on any atom is -0.493 e. The molecule has 1 aliphatic rings. The summed E-state index contributed by atoms with van der Waals surface area (Å²) in [6.07, 6.45) is 2.05. The molecule has 9 heteroatoms. The first-order valence-electron chi connectivity index (χ1n) is 10.1. The minimum atomic E-state index is -3.34. The zero-order valence-electron chi connectivity index (χ0n) is 18.2. The molecule has 1 N–H and O–H groups in total. The van der Waals surface area contributed by atoms with Gasteiger partial charge in [-0.15, -0.1) is 0 Å². The number of amides is 1. The summed E-state index contributed by atoms with van der Waals surface area (Å²) in [5, 5.41) is 2.87. The van der Waals surface area contributed by atoms with Crippen LogP contribution in [-0.2, 0) is 16.4 Å². The first-order valence-corrected chi connectivity index (χ1v) is 11.7. The van der Waals surface area contributed by atoms with Crippen LogP contribution in [0.1, 0.15) is 35.7 Å². The number of rotatable bonds is 8. The number of anilines is 2. The van der Waals surface area contributed by atoms with Crippen LogP contribution >= 0.6 is 0 Å². The number of benzene rings is 2. The van der Waals surface area contributed by atoms with Gasteiger partial charge in [-0.3, -0.25) is 9.10 Å². The van der Waals surface area contributed by atoms with Crippen molar-refractivity contribution in [2.24, 2.45) is 0 Å². The summed E-state index contributed by atoms with van der Waals surface area (Å²) < 4.78 is 42.6. The van der Waals surface area contributed by atoms with E-state index in [0.717, 1.165) is 18.4 Å². The van der Waals surface area contributed by atoms with Gasteiger partial charge in [0.25, 0.3) is 5.91 Å². The Hall–Kier alpha value is -2.94. The Labute approximate surface area is 183 Å². The van der Waals surface area contributed by atoms with Gasteiger partial charge >= 0.3 is 0 Å².